The molecule has 1 aromatic carbocycles. The maximum atomic E-state index is 12.4. The van der Waals surface area contributed by atoms with E-state index in [0.717, 1.165) is 6.07 Å². The molecule has 2 rings (SSSR count). The highest BCUT2D eigenvalue weighted by atomic mass is 35.5. The minimum absolute atomic E-state index is 0.0808. The van der Waals surface area contributed by atoms with E-state index in [4.69, 9.17) is 16.3 Å². The van der Waals surface area contributed by atoms with Gasteiger partial charge < -0.3 is 19.8 Å². The Balaban J connectivity index is 2.22. The van der Waals surface area contributed by atoms with Crippen LogP contribution in [-0.4, -0.2) is 52.2 Å². The summed E-state index contributed by atoms with van der Waals surface area (Å²) in [7, 11) is 0. The first-order valence-electron chi connectivity index (χ1n) is 6.03. The Morgan fingerprint density at radius 3 is 2.89 bits per heavy atom. The lowest BCUT2D eigenvalue weighted by Gasteiger charge is -2.37. The van der Waals surface area contributed by atoms with Crippen LogP contribution in [0.15, 0.2) is 18.2 Å². The number of aromatic hydroxyl groups is 2. The Kier molecular flexibility index (Phi) is 4.17. The molecular weight excluding hydrogens is 270 g/mol. The molecule has 1 heterocycles. The van der Waals surface area contributed by atoms with Gasteiger partial charge in [-0.3, -0.25) is 4.79 Å². The van der Waals surface area contributed by atoms with Crippen LogP contribution in [0.25, 0.3) is 0 Å². The van der Waals surface area contributed by atoms with Crippen LogP contribution in [0.2, 0.25) is 0 Å². The van der Waals surface area contributed by atoms with Gasteiger partial charge in [-0.25, -0.2) is 0 Å². The first kappa shape index (κ1) is 14.0. The third-order valence-electron chi connectivity index (χ3n) is 3.15. The van der Waals surface area contributed by atoms with E-state index in [9.17, 15) is 15.0 Å². The summed E-state index contributed by atoms with van der Waals surface area (Å²) in [4.78, 5) is 14.0. The molecule has 1 aromatic rings. The molecule has 0 bridgehead atoms. The smallest absolute Gasteiger partial charge is 0.258 e. The molecule has 2 unspecified atom stereocenters. The van der Waals surface area contributed by atoms with Crippen molar-refractivity contribution in [3.8, 4) is 11.5 Å². The van der Waals surface area contributed by atoms with E-state index >= 15 is 0 Å². The molecule has 5 nitrogen and oxygen atoms in total. The molecule has 0 radical (unpaired) electrons. The fraction of sp³-hybridized carbons (Fsp3) is 0.462. The molecule has 0 saturated carbocycles. The lowest BCUT2D eigenvalue weighted by molar-refractivity contribution is -0.0372. The quantitative estimate of drug-likeness (QED) is 0.809. The summed E-state index contributed by atoms with van der Waals surface area (Å²) in [5.74, 6) is -0.282. The molecule has 2 atom stereocenters. The van der Waals surface area contributed by atoms with Crippen LogP contribution in [-0.2, 0) is 4.74 Å². The molecule has 0 aliphatic carbocycles. The van der Waals surface area contributed by atoms with Gasteiger partial charge in [-0.05, 0) is 19.1 Å². The van der Waals surface area contributed by atoms with Gasteiger partial charge in [0.1, 0.15) is 11.5 Å². The van der Waals surface area contributed by atoms with Crippen molar-refractivity contribution in [2.45, 2.75) is 19.1 Å². The van der Waals surface area contributed by atoms with Crippen molar-refractivity contribution in [1.82, 2.24) is 4.90 Å². The van der Waals surface area contributed by atoms with E-state index in [1.54, 1.807) is 4.90 Å². The number of amides is 1. The molecule has 19 heavy (non-hydrogen) atoms. The monoisotopic (exact) mass is 285 g/mol. The Morgan fingerprint density at radius 2 is 2.26 bits per heavy atom. The van der Waals surface area contributed by atoms with E-state index in [1.165, 1.54) is 12.1 Å². The second-order valence-corrected chi connectivity index (χ2v) is 4.93. The van der Waals surface area contributed by atoms with Crippen LogP contribution in [0, 0.1) is 0 Å². The molecule has 0 aromatic heterocycles. The molecule has 1 aliphatic rings. The van der Waals surface area contributed by atoms with Crippen LogP contribution in [0.1, 0.15) is 17.3 Å². The van der Waals surface area contributed by atoms with Crippen molar-refractivity contribution in [2.75, 3.05) is 19.0 Å². The zero-order valence-corrected chi connectivity index (χ0v) is 11.3. The highest BCUT2D eigenvalue weighted by molar-refractivity contribution is 6.18. The average molecular weight is 286 g/mol. The van der Waals surface area contributed by atoms with Crippen LogP contribution >= 0.6 is 11.6 Å². The van der Waals surface area contributed by atoms with Gasteiger partial charge in [-0.1, -0.05) is 0 Å². The van der Waals surface area contributed by atoms with Crippen LogP contribution in [0.3, 0.4) is 0 Å². The summed E-state index contributed by atoms with van der Waals surface area (Å²) in [5.41, 5.74) is 0.167. The molecule has 2 N–H and O–H groups in total. The van der Waals surface area contributed by atoms with Gasteiger partial charge in [0.15, 0.2) is 0 Å². The number of ether oxygens (including phenoxy) is 1. The van der Waals surface area contributed by atoms with E-state index in [0.29, 0.717) is 19.0 Å². The molecule has 0 spiro atoms. The van der Waals surface area contributed by atoms with Crippen molar-refractivity contribution >= 4 is 17.5 Å². The second kappa shape index (κ2) is 5.67. The standard InChI is InChI=1S/C13H16ClNO4/c1-8-7-19-10(5-14)6-15(8)13(18)11-3-2-9(16)4-12(11)17/h2-4,8,10,16-17H,5-7H2,1H3. The largest absolute Gasteiger partial charge is 0.508 e. The van der Waals surface area contributed by atoms with Gasteiger partial charge in [0.05, 0.1) is 30.2 Å². The summed E-state index contributed by atoms with van der Waals surface area (Å²) in [6, 6.07) is 3.85. The Morgan fingerprint density at radius 1 is 1.53 bits per heavy atom. The van der Waals surface area contributed by atoms with Crippen molar-refractivity contribution in [3.05, 3.63) is 23.8 Å². The topological polar surface area (TPSA) is 70.0 Å². The third-order valence-corrected chi connectivity index (χ3v) is 3.49. The number of halogens is 1. The maximum Gasteiger partial charge on any atom is 0.258 e. The van der Waals surface area contributed by atoms with E-state index in [2.05, 4.69) is 0 Å². The number of carbonyl (C=O) groups excluding carboxylic acids is 1. The highest BCUT2D eigenvalue weighted by Gasteiger charge is 2.30. The van der Waals surface area contributed by atoms with Crippen LogP contribution in [0.4, 0.5) is 0 Å². The first-order chi connectivity index (χ1) is 9.02. The number of carbonyl (C=O) groups is 1. The molecule has 1 fully saturated rings. The Hall–Kier alpha value is -1.46. The number of benzene rings is 1. The first-order valence-corrected chi connectivity index (χ1v) is 6.57. The van der Waals surface area contributed by atoms with Crippen LogP contribution in [0.5, 0.6) is 11.5 Å². The van der Waals surface area contributed by atoms with E-state index in [1.807, 2.05) is 6.92 Å². The number of rotatable bonds is 2. The molecule has 6 heteroatoms. The van der Waals surface area contributed by atoms with Gasteiger partial charge in [-0.15, -0.1) is 11.6 Å². The van der Waals surface area contributed by atoms with Gasteiger partial charge in [0.2, 0.25) is 0 Å². The molecule has 1 amide bonds. The van der Waals surface area contributed by atoms with Crippen molar-refractivity contribution in [3.63, 3.8) is 0 Å². The summed E-state index contributed by atoms with van der Waals surface area (Å²) < 4.78 is 5.48. The Bertz CT molecular complexity index is 480. The predicted octanol–water partition coefficient (Wildman–Crippen LogP) is 1.57. The van der Waals surface area contributed by atoms with E-state index in [-0.39, 0.29) is 35.1 Å². The zero-order chi connectivity index (χ0) is 14.0. The molecule has 1 saturated heterocycles. The third kappa shape index (κ3) is 2.93. The SMILES string of the molecule is CC1COC(CCl)CN1C(=O)c1ccc(O)cc1O. The average Bonchev–Trinajstić information content (AvgIpc) is 2.38. The number of nitrogens with zero attached hydrogens (tertiary/aromatic N) is 1. The zero-order valence-electron chi connectivity index (χ0n) is 10.5. The predicted molar refractivity (Wildman–Crippen MR) is 70.7 cm³/mol. The lowest BCUT2D eigenvalue weighted by atomic mass is 10.1. The highest BCUT2D eigenvalue weighted by Crippen LogP contribution is 2.25. The summed E-state index contributed by atoms with van der Waals surface area (Å²) in [6.07, 6.45) is -0.193. The Labute approximate surface area is 116 Å². The normalized spacial score (nSPS) is 23.4. The second-order valence-electron chi connectivity index (χ2n) is 4.62. The van der Waals surface area contributed by atoms with Crippen molar-refractivity contribution in [2.24, 2.45) is 0 Å². The minimum atomic E-state index is -0.289. The van der Waals surface area contributed by atoms with Crippen LogP contribution < -0.4 is 0 Å². The van der Waals surface area contributed by atoms with E-state index < -0.39 is 0 Å². The number of hydrogen-bond acceptors (Lipinski definition) is 4. The molecule has 1 aliphatic heterocycles. The van der Waals surface area contributed by atoms with Gasteiger partial charge in [0, 0.05) is 12.6 Å². The fourth-order valence-corrected chi connectivity index (χ4v) is 2.24. The number of phenols is 2. The number of morpholine rings is 1. The molecule has 104 valence electrons. The van der Waals surface area contributed by atoms with Gasteiger partial charge >= 0.3 is 0 Å². The van der Waals surface area contributed by atoms with Gasteiger partial charge in [-0.2, -0.15) is 0 Å². The number of alkyl halides is 1. The lowest BCUT2D eigenvalue weighted by Crippen LogP contribution is -2.51. The fourth-order valence-electron chi connectivity index (χ4n) is 2.05. The molecular formula is C13H16ClNO4. The summed E-state index contributed by atoms with van der Waals surface area (Å²) in [5, 5.41) is 19.0. The minimum Gasteiger partial charge on any atom is -0.508 e. The maximum absolute atomic E-state index is 12.4. The van der Waals surface area contributed by atoms with Crippen molar-refractivity contribution < 1.29 is 19.7 Å². The van der Waals surface area contributed by atoms with Crippen molar-refractivity contribution in [1.29, 1.82) is 0 Å². The van der Waals surface area contributed by atoms with Gasteiger partial charge in [0.25, 0.3) is 5.91 Å². The summed E-state index contributed by atoms with van der Waals surface area (Å²) in [6.45, 7) is 2.69. The number of hydrogen-bond donors (Lipinski definition) is 2. The number of phenolic OH excluding ortho intramolecular Hbond substituents is 2. The summed E-state index contributed by atoms with van der Waals surface area (Å²) >= 11 is 5.75.